The first-order valence-electron chi connectivity index (χ1n) is 4.54. The van der Waals surface area contributed by atoms with Crippen LogP contribution in [0, 0.1) is 22.6 Å². The van der Waals surface area contributed by atoms with Gasteiger partial charge in [-0.1, -0.05) is 11.6 Å². The van der Waals surface area contributed by atoms with Crippen molar-refractivity contribution in [1.29, 1.82) is 5.26 Å². The number of carbonyl (C=O) groups is 1. The molecule has 84 valence electrons. The van der Waals surface area contributed by atoms with Gasteiger partial charge in [-0.25, -0.2) is 4.39 Å². The fourth-order valence-corrected chi connectivity index (χ4v) is 1.03. The molecule has 3 nitrogen and oxygen atoms in total. The molecule has 1 aromatic carbocycles. The van der Waals surface area contributed by atoms with Crippen LogP contribution in [0.3, 0.4) is 0 Å². The van der Waals surface area contributed by atoms with Crippen LogP contribution in [-0.2, 0) is 4.79 Å². The van der Waals surface area contributed by atoms with E-state index in [1.165, 1.54) is 26.0 Å². The van der Waals surface area contributed by atoms with Crippen molar-refractivity contribution in [2.45, 2.75) is 13.8 Å². The predicted octanol–water partition coefficient (Wildman–Crippen LogP) is 2.97. The highest BCUT2D eigenvalue weighted by Crippen LogP contribution is 2.21. The van der Waals surface area contributed by atoms with Crippen molar-refractivity contribution in [2.24, 2.45) is 5.41 Å². The minimum atomic E-state index is -1.16. The van der Waals surface area contributed by atoms with Crippen molar-refractivity contribution in [3.05, 3.63) is 29.0 Å². The van der Waals surface area contributed by atoms with Crippen molar-refractivity contribution in [3.8, 4) is 6.07 Å². The topological polar surface area (TPSA) is 52.9 Å². The number of hydrogen-bond acceptors (Lipinski definition) is 2. The van der Waals surface area contributed by atoms with E-state index >= 15 is 0 Å². The second-order valence-electron chi connectivity index (χ2n) is 3.82. The summed E-state index contributed by atoms with van der Waals surface area (Å²) in [4.78, 5) is 11.6. The average Bonchev–Trinajstić information content (AvgIpc) is 2.23. The number of halogens is 2. The van der Waals surface area contributed by atoms with Crippen molar-refractivity contribution >= 4 is 23.2 Å². The van der Waals surface area contributed by atoms with Crippen LogP contribution in [0.15, 0.2) is 18.2 Å². The summed E-state index contributed by atoms with van der Waals surface area (Å²) in [5.74, 6) is -1.11. The van der Waals surface area contributed by atoms with Crippen LogP contribution in [-0.4, -0.2) is 5.91 Å². The molecule has 0 aliphatic carbocycles. The third-order valence-electron chi connectivity index (χ3n) is 2.02. The number of nitrogens with zero attached hydrogens (tertiary/aromatic N) is 1. The van der Waals surface area contributed by atoms with Gasteiger partial charge in [0.25, 0.3) is 0 Å². The van der Waals surface area contributed by atoms with E-state index < -0.39 is 17.1 Å². The minimum absolute atomic E-state index is 0.0162. The highest BCUT2D eigenvalue weighted by atomic mass is 35.5. The molecule has 0 bridgehead atoms. The Balaban J connectivity index is 2.87. The summed E-state index contributed by atoms with van der Waals surface area (Å²) in [6.07, 6.45) is 0. The summed E-state index contributed by atoms with van der Waals surface area (Å²) in [6, 6.07) is 5.77. The predicted molar refractivity (Wildman–Crippen MR) is 59.4 cm³/mol. The normalized spacial score (nSPS) is 10.7. The van der Waals surface area contributed by atoms with E-state index in [-0.39, 0.29) is 10.7 Å². The van der Waals surface area contributed by atoms with Crippen LogP contribution in [0.25, 0.3) is 0 Å². The van der Waals surface area contributed by atoms with Gasteiger partial charge in [-0.3, -0.25) is 4.79 Å². The molecule has 1 amide bonds. The Hall–Kier alpha value is -1.60. The number of nitriles is 1. The molecule has 1 aromatic rings. The quantitative estimate of drug-likeness (QED) is 0.864. The molecule has 1 rings (SSSR count). The second kappa shape index (κ2) is 4.50. The lowest BCUT2D eigenvalue weighted by Crippen LogP contribution is -2.29. The molecular formula is C11H10ClFN2O. The Morgan fingerprint density at radius 3 is 2.69 bits per heavy atom. The zero-order chi connectivity index (χ0) is 12.3. The van der Waals surface area contributed by atoms with Crippen LogP contribution in [0.5, 0.6) is 0 Å². The summed E-state index contributed by atoms with van der Waals surface area (Å²) in [7, 11) is 0. The van der Waals surface area contributed by atoms with Gasteiger partial charge in [0.15, 0.2) is 0 Å². The third-order valence-corrected chi connectivity index (χ3v) is 2.33. The summed E-state index contributed by atoms with van der Waals surface area (Å²) in [5.41, 5.74) is -0.883. The molecule has 5 heteroatoms. The smallest absolute Gasteiger partial charge is 0.244 e. The maximum atomic E-state index is 13.1. The number of carbonyl (C=O) groups excluding carboxylic acids is 1. The van der Waals surface area contributed by atoms with Gasteiger partial charge in [-0.2, -0.15) is 5.26 Å². The molecule has 0 aliphatic rings. The van der Waals surface area contributed by atoms with E-state index in [1.807, 2.05) is 6.07 Å². The third kappa shape index (κ3) is 2.71. The molecule has 0 aromatic heterocycles. The standard InChI is InChI=1S/C11H10ClFN2O/c1-11(2,6-14)10(16)15-7-3-4-8(12)9(13)5-7/h3-5H,1-2H3,(H,15,16). The van der Waals surface area contributed by atoms with Gasteiger partial charge in [0, 0.05) is 5.69 Å². The van der Waals surface area contributed by atoms with Crippen LogP contribution in [0.1, 0.15) is 13.8 Å². The van der Waals surface area contributed by atoms with Gasteiger partial charge < -0.3 is 5.32 Å². The molecule has 0 radical (unpaired) electrons. The van der Waals surface area contributed by atoms with Gasteiger partial charge in [0.05, 0.1) is 11.1 Å². The molecule has 0 aliphatic heterocycles. The summed E-state index contributed by atoms with van der Waals surface area (Å²) in [6.45, 7) is 2.96. The Morgan fingerprint density at radius 2 is 2.19 bits per heavy atom. The van der Waals surface area contributed by atoms with Gasteiger partial charge >= 0.3 is 0 Å². The lowest BCUT2D eigenvalue weighted by molar-refractivity contribution is -0.121. The van der Waals surface area contributed by atoms with Crippen LogP contribution >= 0.6 is 11.6 Å². The number of benzene rings is 1. The summed E-state index contributed by atoms with van der Waals surface area (Å²) < 4.78 is 13.1. The molecule has 0 heterocycles. The Labute approximate surface area is 97.8 Å². The molecule has 0 saturated heterocycles. The SMILES string of the molecule is CC(C)(C#N)C(=O)Nc1ccc(Cl)c(F)c1. The maximum Gasteiger partial charge on any atom is 0.244 e. The molecule has 0 spiro atoms. The van der Waals surface area contributed by atoms with Crippen LogP contribution in [0.2, 0.25) is 5.02 Å². The monoisotopic (exact) mass is 240 g/mol. The Bertz CT molecular complexity index is 466. The number of hydrogen-bond donors (Lipinski definition) is 1. The molecule has 16 heavy (non-hydrogen) atoms. The fourth-order valence-electron chi connectivity index (χ4n) is 0.912. The lowest BCUT2D eigenvalue weighted by atomic mass is 9.94. The minimum Gasteiger partial charge on any atom is -0.325 e. The van der Waals surface area contributed by atoms with Gasteiger partial charge in [0.1, 0.15) is 11.2 Å². The van der Waals surface area contributed by atoms with Gasteiger partial charge in [-0.15, -0.1) is 0 Å². The van der Waals surface area contributed by atoms with Crippen molar-refractivity contribution < 1.29 is 9.18 Å². The number of anilines is 1. The average molecular weight is 241 g/mol. The van der Waals surface area contributed by atoms with Crippen molar-refractivity contribution in [1.82, 2.24) is 0 Å². The molecule has 0 atom stereocenters. The fraction of sp³-hybridized carbons (Fsp3) is 0.273. The number of amides is 1. The highest BCUT2D eigenvalue weighted by molar-refractivity contribution is 6.30. The zero-order valence-electron chi connectivity index (χ0n) is 8.84. The van der Waals surface area contributed by atoms with E-state index in [0.717, 1.165) is 6.07 Å². The number of nitrogens with one attached hydrogen (secondary N) is 1. The Kier molecular flexibility index (Phi) is 3.51. The number of rotatable bonds is 2. The van der Waals surface area contributed by atoms with E-state index in [4.69, 9.17) is 16.9 Å². The van der Waals surface area contributed by atoms with Gasteiger partial charge in [-0.05, 0) is 32.0 Å². The molecular weight excluding hydrogens is 231 g/mol. The van der Waals surface area contributed by atoms with E-state index in [0.29, 0.717) is 0 Å². The van der Waals surface area contributed by atoms with E-state index in [2.05, 4.69) is 5.32 Å². The zero-order valence-corrected chi connectivity index (χ0v) is 9.60. The molecule has 0 unspecified atom stereocenters. The lowest BCUT2D eigenvalue weighted by Gasteiger charge is -2.14. The first-order valence-corrected chi connectivity index (χ1v) is 4.92. The van der Waals surface area contributed by atoms with Crippen LogP contribution in [0.4, 0.5) is 10.1 Å². The van der Waals surface area contributed by atoms with Crippen molar-refractivity contribution in [3.63, 3.8) is 0 Å². The molecule has 1 N–H and O–H groups in total. The Morgan fingerprint density at radius 1 is 1.56 bits per heavy atom. The van der Waals surface area contributed by atoms with E-state index in [1.54, 1.807) is 0 Å². The van der Waals surface area contributed by atoms with Crippen LogP contribution < -0.4 is 5.32 Å². The summed E-state index contributed by atoms with van der Waals surface area (Å²) in [5, 5.41) is 11.2. The first-order chi connectivity index (χ1) is 7.36. The van der Waals surface area contributed by atoms with Gasteiger partial charge in [0.2, 0.25) is 5.91 Å². The summed E-state index contributed by atoms with van der Waals surface area (Å²) >= 11 is 5.49. The molecule has 0 saturated carbocycles. The van der Waals surface area contributed by atoms with E-state index in [9.17, 15) is 9.18 Å². The highest BCUT2D eigenvalue weighted by Gasteiger charge is 2.27. The first kappa shape index (κ1) is 12.5. The largest absolute Gasteiger partial charge is 0.325 e. The maximum absolute atomic E-state index is 13.1. The molecule has 0 fully saturated rings. The van der Waals surface area contributed by atoms with Crippen molar-refractivity contribution in [2.75, 3.05) is 5.32 Å². The second-order valence-corrected chi connectivity index (χ2v) is 4.23.